The van der Waals surface area contributed by atoms with Gasteiger partial charge in [0, 0.05) is 33.0 Å². The van der Waals surface area contributed by atoms with Crippen LogP contribution in [0.2, 0.25) is 0 Å². The number of aryl methyl sites for hydroxylation is 1. The van der Waals surface area contributed by atoms with E-state index >= 15 is 0 Å². The second-order valence-electron chi connectivity index (χ2n) is 8.47. The molecule has 0 saturated heterocycles. The largest absolute Gasteiger partial charge is 0.357 e. The summed E-state index contributed by atoms with van der Waals surface area (Å²) in [6.07, 6.45) is 1.02. The van der Waals surface area contributed by atoms with Crippen molar-refractivity contribution in [3.8, 4) is 0 Å². The van der Waals surface area contributed by atoms with Crippen molar-refractivity contribution in [3.05, 3.63) is 102 Å². The highest BCUT2D eigenvalue weighted by molar-refractivity contribution is 7.89. The highest BCUT2D eigenvalue weighted by Gasteiger charge is 2.29. The van der Waals surface area contributed by atoms with Crippen molar-refractivity contribution in [1.82, 2.24) is 14.9 Å². The van der Waals surface area contributed by atoms with Crippen LogP contribution in [-0.4, -0.2) is 44.8 Å². The standard InChI is InChI=1S/C28H33N3O4S/c1-3-30-36(34,35)25-17-14-22(15-18-25)16-19-27(32)31(21-24-12-8-5-9-13-24)26(28(33)29-2)20-23-10-6-4-7-11-23/h4-15,17-18,26,30H,3,16,19-21H2,1-2H3,(H,29,33). The monoisotopic (exact) mass is 507 g/mol. The maximum Gasteiger partial charge on any atom is 0.242 e. The maximum atomic E-state index is 13.5. The van der Waals surface area contributed by atoms with E-state index in [1.807, 2.05) is 60.7 Å². The maximum absolute atomic E-state index is 13.5. The summed E-state index contributed by atoms with van der Waals surface area (Å²) < 4.78 is 26.8. The third-order valence-corrected chi connectivity index (χ3v) is 7.47. The molecule has 3 rings (SSSR count). The van der Waals surface area contributed by atoms with Crippen LogP contribution >= 0.6 is 0 Å². The molecular weight excluding hydrogens is 474 g/mol. The average Bonchev–Trinajstić information content (AvgIpc) is 2.90. The number of carbonyl (C=O) groups excluding carboxylic acids is 2. The molecule has 3 aromatic rings. The zero-order valence-corrected chi connectivity index (χ0v) is 21.5. The van der Waals surface area contributed by atoms with Crippen LogP contribution in [0.25, 0.3) is 0 Å². The van der Waals surface area contributed by atoms with Gasteiger partial charge in [0.05, 0.1) is 4.90 Å². The van der Waals surface area contributed by atoms with E-state index in [-0.39, 0.29) is 23.1 Å². The minimum Gasteiger partial charge on any atom is -0.357 e. The van der Waals surface area contributed by atoms with Gasteiger partial charge in [-0.2, -0.15) is 0 Å². The molecule has 0 bridgehead atoms. The van der Waals surface area contributed by atoms with Crippen LogP contribution in [0.4, 0.5) is 0 Å². The summed E-state index contributed by atoms with van der Waals surface area (Å²) in [7, 11) is -1.95. The van der Waals surface area contributed by atoms with E-state index in [4.69, 9.17) is 0 Å². The Morgan fingerprint density at radius 2 is 1.42 bits per heavy atom. The van der Waals surface area contributed by atoms with Gasteiger partial charge in [-0.3, -0.25) is 9.59 Å². The fourth-order valence-electron chi connectivity index (χ4n) is 4.00. The van der Waals surface area contributed by atoms with Gasteiger partial charge in [-0.1, -0.05) is 79.7 Å². The molecule has 0 aliphatic carbocycles. The van der Waals surface area contributed by atoms with Crippen molar-refractivity contribution in [2.24, 2.45) is 0 Å². The lowest BCUT2D eigenvalue weighted by Gasteiger charge is -2.31. The number of rotatable bonds is 12. The Bertz CT molecular complexity index is 1230. The molecular formula is C28H33N3O4S. The Labute approximate surface area is 213 Å². The van der Waals surface area contributed by atoms with Gasteiger partial charge in [-0.05, 0) is 35.2 Å². The van der Waals surface area contributed by atoms with Crippen LogP contribution < -0.4 is 10.0 Å². The zero-order valence-electron chi connectivity index (χ0n) is 20.7. The topological polar surface area (TPSA) is 95.6 Å². The van der Waals surface area contributed by atoms with Crippen molar-refractivity contribution in [2.75, 3.05) is 13.6 Å². The molecule has 0 heterocycles. The Morgan fingerprint density at radius 3 is 1.97 bits per heavy atom. The van der Waals surface area contributed by atoms with Crippen molar-refractivity contribution in [1.29, 1.82) is 0 Å². The molecule has 190 valence electrons. The molecule has 0 radical (unpaired) electrons. The number of carbonyl (C=O) groups is 2. The first-order valence-electron chi connectivity index (χ1n) is 12.0. The fourth-order valence-corrected chi connectivity index (χ4v) is 5.05. The lowest BCUT2D eigenvalue weighted by molar-refractivity contribution is -0.141. The number of nitrogens with zero attached hydrogens (tertiary/aromatic N) is 1. The number of benzene rings is 3. The fraction of sp³-hybridized carbons (Fsp3) is 0.286. The predicted molar refractivity (Wildman–Crippen MR) is 141 cm³/mol. The van der Waals surface area contributed by atoms with Crippen LogP contribution in [0, 0.1) is 0 Å². The summed E-state index contributed by atoms with van der Waals surface area (Å²) in [5.41, 5.74) is 2.75. The van der Waals surface area contributed by atoms with Gasteiger partial charge in [0.15, 0.2) is 0 Å². The highest BCUT2D eigenvalue weighted by Crippen LogP contribution is 2.18. The number of nitrogens with one attached hydrogen (secondary N) is 2. The number of hydrogen-bond acceptors (Lipinski definition) is 4. The van der Waals surface area contributed by atoms with Crippen LogP contribution in [0.1, 0.15) is 30.0 Å². The van der Waals surface area contributed by atoms with E-state index in [1.54, 1.807) is 43.1 Å². The average molecular weight is 508 g/mol. The first-order valence-corrected chi connectivity index (χ1v) is 13.5. The second kappa shape index (κ2) is 13.0. The first kappa shape index (κ1) is 27.1. The molecule has 1 unspecified atom stereocenters. The molecule has 0 saturated carbocycles. The lowest BCUT2D eigenvalue weighted by atomic mass is 10.0. The van der Waals surface area contributed by atoms with Crippen molar-refractivity contribution < 1.29 is 18.0 Å². The molecule has 0 fully saturated rings. The third-order valence-electron chi connectivity index (χ3n) is 5.91. The molecule has 8 heteroatoms. The molecule has 2 amide bonds. The normalized spacial score (nSPS) is 12.1. The van der Waals surface area contributed by atoms with Gasteiger partial charge in [-0.15, -0.1) is 0 Å². The first-order chi connectivity index (χ1) is 17.3. The highest BCUT2D eigenvalue weighted by atomic mass is 32.2. The summed E-state index contributed by atoms with van der Waals surface area (Å²) >= 11 is 0. The molecule has 36 heavy (non-hydrogen) atoms. The van der Waals surface area contributed by atoms with Crippen molar-refractivity contribution >= 4 is 21.8 Å². The molecule has 2 N–H and O–H groups in total. The van der Waals surface area contributed by atoms with E-state index in [2.05, 4.69) is 10.0 Å². The molecule has 0 aliphatic heterocycles. The van der Waals surface area contributed by atoms with Gasteiger partial charge in [0.2, 0.25) is 21.8 Å². The van der Waals surface area contributed by atoms with Crippen LogP contribution in [0.5, 0.6) is 0 Å². The quantitative estimate of drug-likeness (QED) is 0.393. The Balaban J connectivity index is 1.80. The zero-order chi connectivity index (χ0) is 26.0. The molecule has 0 spiro atoms. The van der Waals surface area contributed by atoms with E-state index in [0.717, 1.165) is 16.7 Å². The SMILES string of the molecule is CCNS(=O)(=O)c1ccc(CCC(=O)N(Cc2ccccc2)C(Cc2ccccc2)C(=O)NC)cc1. The van der Waals surface area contributed by atoms with E-state index < -0.39 is 16.1 Å². The number of likely N-dealkylation sites (N-methyl/N-ethyl adjacent to an activating group) is 1. The number of amides is 2. The summed E-state index contributed by atoms with van der Waals surface area (Å²) in [4.78, 5) is 28.3. The Kier molecular flexibility index (Phi) is 9.78. The van der Waals surface area contributed by atoms with Gasteiger partial charge in [0.25, 0.3) is 0 Å². The van der Waals surface area contributed by atoms with Crippen molar-refractivity contribution in [2.45, 2.75) is 43.7 Å². The van der Waals surface area contributed by atoms with Gasteiger partial charge < -0.3 is 10.2 Å². The predicted octanol–water partition coefficient (Wildman–Crippen LogP) is 3.30. The minimum absolute atomic E-state index is 0.146. The van der Waals surface area contributed by atoms with Crippen LogP contribution in [-0.2, 0) is 39.0 Å². The second-order valence-corrected chi connectivity index (χ2v) is 10.2. The summed E-state index contributed by atoms with van der Waals surface area (Å²) in [5.74, 6) is -0.367. The molecule has 1 atom stereocenters. The molecule has 0 aromatic heterocycles. The van der Waals surface area contributed by atoms with E-state index in [9.17, 15) is 18.0 Å². The number of hydrogen-bond donors (Lipinski definition) is 2. The Hall–Kier alpha value is -3.49. The smallest absolute Gasteiger partial charge is 0.242 e. The third kappa shape index (κ3) is 7.50. The molecule has 7 nitrogen and oxygen atoms in total. The van der Waals surface area contributed by atoms with E-state index in [0.29, 0.717) is 25.9 Å². The van der Waals surface area contributed by atoms with Gasteiger partial charge in [-0.25, -0.2) is 13.1 Å². The van der Waals surface area contributed by atoms with Gasteiger partial charge in [0.1, 0.15) is 6.04 Å². The van der Waals surface area contributed by atoms with Crippen LogP contribution in [0.3, 0.4) is 0 Å². The van der Waals surface area contributed by atoms with Crippen molar-refractivity contribution in [3.63, 3.8) is 0 Å². The summed E-state index contributed by atoms with van der Waals surface area (Å²) in [6.45, 7) is 2.35. The summed E-state index contributed by atoms with van der Waals surface area (Å²) in [5, 5.41) is 2.72. The molecule has 3 aromatic carbocycles. The summed E-state index contributed by atoms with van der Waals surface area (Å²) in [6, 6.07) is 25.1. The van der Waals surface area contributed by atoms with Crippen LogP contribution in [0.15, 0.2) is 89.8 Å². The Morgan fingerprint density at radius 1 is 0.833 bits per heavy atom. The van der Waals surface area contributed by atoms with Gasteiger partial charge >= 0.3 is 0 Å². The molecule has 0 aliphatic rings. The number of sulfonamides is 1. The lowest BCUT2D eigenvalue weighted by Crippen LogP contribution is -2.49. The van der Waals surface area contributed by atoms with E-state index in [1.165, 1.54) is 0 Å². The minimum atomic E-state index is -3.53.